The van der Waals surface area contributed by atoms with Crippen LogP contribution in [0.2, 0.25) is 0 Å². The molecule has 0 saturated heterocycles. The van der Waals surface area contributed by atoms with Crippen molar-refractivity contribution in [2.45, 2.75) is 49.7 Å². The second-order valence-electron chi connectivity index (χ2n) is 4.94. The first kappa shape index (κ1) is 16.0. The maximum Gasteiger partial charge on any atom is 0.252 e. The summed E-state index contributed by atoms with van der Waals surface area (Å²) in [5.41, 5.74) is 0.550. The van der Waals surface area contributed by atoms with E-state index in [4.69, 9.17) is 11.6 Å². The molecule has 0 spiro atoms. The molecule has 0 aromatic carbocycles. The van der Waals surface area contributed by atoms with E-state index in [0.29, 0.717) is 10.1 Å². The predicted octanol–water partition coefficient (Wildman–Crippen LogP) is 3.60. The molecule has 0 amide bonds. The zero-order valence-corrected chi connectivity index (χ0v) is 13.8. The highest BCUT2D eigenvalue weighted by molar-refractivity contribution is 7.91. The van der Waals surface area contributed by atoms with Gasteiger partial charge in [-0.2, -0.15) is 4.31 Å². The summed E-state index contributed by atoms with van der Waals surface area (Å²) in [6, 6.07) is 1.71. The summed E-state index contributed by atoms with van der Waals surface area (Å²) in [6.45, 7) is 7.72. The first-order valence-electron chi connectivity index (χ1n) is 5.81. The van der Waals surface area contributed by atoms with E-state index < -0.39 is 15.6 Å². The molecule has 1 heterocycles. The van der Waals surface area contributed by atoms with Crippen LogP contribution in [0, 0.1) is 6.92 Å². The van der Waals surface area contributed by atoms with Crippen molar-refractivity contribution in [2.24, 2.45) is 0 Å². The summed E-state index contributed by atoms with van der Waals surface area (Å²) in [4.78, 5) is 0.915. The molecule has 0 radical (unpaired) electrons. The third-order valence-corrected chi connectivity index (χ3v) is 7.63. The minimum atomic E-state index is -3.43. The van der Waals surface area contributed by atoms with Crippen molar-refractivity contribution in [3.8, 4) is 0 Å². The summed E-state index contributed by atoms with van der Waals surface area (Å²) < 4.78 is 26.8. The second kappa shape index (κ2) is 5.49. The molecule has 1 rings (SSSR count). The van der Waals surface area contributed by atoms with Crippen molar-refractivity contribution in [1.82, 2.24) is 4.31 Å². The Hall–Kier alpha value is -0.100. The Morgan fingerprint density at radius 3 is 2.39 bits per heavy atom. The van der Waals surface area contributed by atoms with Gasteiger partial charge in [0.2, 0.25) is 0 Å². The minimum absolute atomic E-state index is 0.354. The molecule has 1 aromatic heterocycles. The molecule has 0 bridgehead atoms. The minimum Gasteiger partial charge on any atom is -0.206 e. The summed E-state index contributed by atoms with van der Waals surface area (Å²) >= 11 is 7.05. The van der Waals surface area contributed by atoms with Crippen LogP contribution < -0.4 is 0 Å². The highest BCUT2D eigenvalue weighted by Gasteiger charge is 2.33. The fourth-order valence-corrected chi connectivity index (χ4v) is 4.99. The lowest BCUT2D eigenvalue weighted by Gasteiger charge is -2.33. The average molecular weight is 310 g/mol. The standard InChI is InChI=1S/C12H20ClNO2S2/c1-6-12(3,4)14(5)18(15,16)11-7-9(2)10(8-13)17-11/h7H,6,8H2,1-5H3. The van der Waals surface area contributed by atoms with Gasteiger partial charge in [-0.1, -0.05) is 6.92 Å². The van der Waals surface area contributed by atoms with Gasteiger partial charge >= 0.3 is 0 Å². The van der Waals surface area contributed by atoms with Crippen molar-refractivity contribution in [2.75, 3.05) is 7.05 Å². The quantitative estimate of drug-likeness (QED) is 0.779. The van der Waals surface area contributed by atoms with Gasteiger partial charge in [0.25, 0.3) is 10.0 Å². The number of alkyl halides is 1. The number of thiophene rings is 1. The number of rotatable bonds is 5. The third kappa shape index (κ3) is 2.90. The van der Waals surface area contributed by atoms with Gasteiger partial charge in [0, 0.05) is 17.5 Å². The summed E-state index contributed by atoms with van der Waals surface area (Å²) in [5.74, 6) is 0.354. The number of hydrogen-bond acceptors (Lipinski definition) is 3. The highest BCUT2D eigenvalue weighted by atomic mass is 35.5. The van der Waals surface area contributed by atoms with Gasteiger partial charge in [0.1, 0.15) is 4.21 Å². The van der Waals surface area contributed by atoms with Crippen LogP contribution in [-0.2, 0) is 15.9 Å². The van der Waals surface area contributed by atoms with E-state index in [-0.39, 0.29) is 0 Å². The number of aryl methyl sites for hydroxylation is 1. The van der Waals surface area contributed by atoms with Crippen molar-refractivity contribution in [3.63, 3.8) is 0 Å². The lowest BCUT2D eigenvalue weighted by atomic mass is 10.0. The van der Waals surface area contributed by atoms with E-state index in [1.54, 1.807) is 13.1 Å². The molecule has 0 saturated carbocycles. The zero-order chi connectivity index (χ0) is 14.1. The Kier molecular flexibility index (Phi) is 4.87. The predicted molar refractivity (Wildman–Crippen MR) is 77.9 cm³/mol. The maximum absolute atomic E-state index is 12.5. The van der Waals surface area contributed by atoms with Gasteiger partial charge in [-0.25, -0.2) is 8.42 Å². The Morgan fingerprint density at radius 2 is 2.00 bits per heavy atom. The Bertz CT molecular complexity index is 520. The van der Waals surface area contributed by atoms with Crippen molar-refractivity contribution >= 4 is 33.0 Å². The molecule has 104 valence electrons. The molecular formula is C12H20ClNO2S2. The molecule has 0 N–H and O–H groups in total. The topological polar surface area (TPSA) is 37.4 Å². The Morgan fingerprint density at radius 1 is 1.44 bits per heavy atom. The van der Waals surface area contributed by atoms with Gasteiger partial charge < -0.3 is 0 Å². The molecule has 1 aromatic rings. The Balaban J connectivity index is 3.21. The smallest absolute Gasteiger partial charge is 0.206 e. The van der Waals surface area contributed by atoms with Gasteiger partial charge in [0.05, 0.1) is 5.88 Å². The molecule has 0 aliphatic heterocycles. The summed E-state index contributed by atoms with van der Waals surface area (Å²) in [5, 5.41) is 0. The zero-order valence-electron chi connectivity index (χ0n) is 11.4. The molecule has 18 heavy (non-hydrogen) atoms. The van der Waals surface area contributed by atoms with Crippen molar-refractivity contribution < 1.29 is 8.42 Å². The van der Waals surface area contributed by atoms with Crippen LogP contribution in [0.1, 0.15) is 37.6 Å². The van der Waals surface area contributed by atoms with Crippen LogP contribution in [0.5, 0.6) is 0 Å². The highest BCUT2D eigenvalue weighted by Crippen LogP contribution is 2.32. The molecule has 0 unspecified atom stereocenters. The van der Waals surface area contributed by atoms with Gasteiger partial charge in [0.15, 0.2) is 0 Å². The number of hydrogen-bond donors (Lipinski definition) is 0. The van der Waals surface area contributed by atoms with Crippen molar-refractivity contribution in [3.05, 3.63) is 16.5 Å². The fraction of sp³-hybridized carbons (Fsp3) is 0.667. The van der Waals surface area contributed by atoms with E-state index in [0.717, 1.165) is 16.9 Å². The first-order chi connectivity index (χ1) is 8.16. The van der Waals surface area contributed by atoms with E-state index in [2.05, 4.69) is 0 Å². The van der Waals surface area contributed by atoms with E-state index in [1.807, 2.05) is 27.7 Å². The normalized spacial score (nSPS) is 13.3. The number of nitrogens with zero attached hydrogens (tertiary/aromatic N) is 1. The average Bonchev–Trinajstić information content (AvgIpc) is 2.70. The molecule has 0 aliphatic rings. The van der Waals surface area contributed by atoms with E-state index in [1.165, 1.54) is 15.6 Å². The van der Waals surface area contributed by atoms with Crippen LogP contribution in [0.3, 0.4) is 0 Å². The van der Waals surface area contributed by atoms with E-state index in [9.17, 15) is 8.42 Å². The van der Waals surface area contributed by atoms with Crippen LogP contribution in [-0.4, -0.2) is 25.3 Å². The van der Waals surface area contributed by atoms with Crippen LogP contribution >= 0.6 is 22.9 Å². The monoisotopic (exact) mass is 309 g/mol. The fourth-order valence-electron chi connectivity index (χ4n) is 1.43. The molecular weight excluding hydrogens is 290 g/mol. The van der Waals surface area contributed by atoms with Crippen molar-refractivity contribution in [1.29, 1.82) is 0 Å². The summed E-state index contributed by atoms with van der Waals surface area (Å²) in [6.07, 6.45) is 0.759. The van der Waals surface area contributed by atoms with Crippen LogP contribution in [0.4, 0.5) is 0 Å². The SMILES string of the molecule is CCC(C)(C)N(C)S(=O)(=O)c1cc(C)c(CCl)s1. The van der Waals surface area contributed by atoms with Gasteiger partial charge in [-0.15, -0.1) is 22.9 Å². The van der Waals surface area contributed by atoms with Gasteiger partial charge in [-0.3, -0.25) is 0 Å². The summed E-state index contributed by atoms with van der Waals surface area (Å²) in [7, 11) is -1.79. The lowest BCUT2D eigenvalue weighted by Crippen LogP contribution is -2.44. The van der Waals surface area contributed by atoms with Gasteiger partial charge in [-0.05, 0) is 38.8 Å². The maximum atomic E-state index is 12.5. The third-order valence-electron chi connectivity index (χ3n) is 3.45. The Labute approximate surface area is 119 Å². The molecule has 3 nitrogen and oxygen atoms in total. The molecule has 0 fully saturated rings. The van der Waals surface area contributed by atoms with Crippen LogP contribution in [0.25, 0.3) is 0 Å². The number of halogens is 1. The molecule has 0 aliphatic carbocycles. The van der Waals surface area contributed by atoms with E-state index >= 15 is 0 Å². The number of sulfonamides is 1. The second-order valence-corrected chi connectivity index (χ2v) is 8.54. The van der Waals surface area contributed by atoms with Crippen LogP contribution in [0.15, 0.2) is 10.3 Å². The molecule has 0 atom stereocenters. The molecule has 6 heteroatoms. The largest absolute Gasteiger partial charge is 0.252 e. The first-order valence-corrected chi connectivity index (χ1v) is 8.60. The lowest BCUT2D eigenvalue weighted by molar-refractivity contribution is 0.257.